The van der Waals surface area contributed by atoms with Gasteiger partial charge in [0.15, 0.2) is 11.7 Å². The van der Waals surface area contributed by atoms with Crippen LogP contribution in [0.5, 0.6) is 0 Å². The molecule has 1 saturated carbocycles. The van der Waals surface area contributed by atoms with Gasteiger partial charge < -0.3 is 14.5 Å². The van der Waals surface area contributed by atoms with Gasteiger partial charge in [-0.15, -0.1) is 0 Å². The number of benzene rings is 1. The monoisotopic (exact) mass is 390 g/mol. The lowest BCUT2D eigenvalue weighted by atomic mass is 9.97. The van der Waals surface area contributed by atoms with Gasteiger partial charge in [0.05, 0.1) is 12.8 Å². The fourth-order valence-electron chi connectivity index (χ4n) is 3.35. The molecular formula is C20H23ClN2O4. The van der Waals surface area contributed by atoms with E-state index in [0.29, 0.717) is 42.5 Å². The van der Waals surface area contributed by atoms with Crippen LogP contribution in [0.15, 0.2) is 34.9 Å². The predicted octanol–water partition coefficient (Wildman–Crippen LogP) is 3.92. The molecule has 0 atom stereocenters. The van der Waals surface area contributed by atoms with Crippen LogP contribution in [0, 0.1) is 0 Å². The Bertz CT molecular complexity index is 795. The molecule has 1 N–H and O–H groups in total. The zero-order chi connectivity index (χ0) is 19.3. The molecule has 0 unspecified atom stereocenters. The van der Waals surface area contributed by atoms with E-state index in [0.717, 1.165) is 18.4 Å². The molecule has 6 nitrogen and oxygen atoms in total. The normalized spacial score (nSPS) is 15.5. The predicted molar refractivity (Wildman–Crippen MR) is 101 cm³/mol. The minimum absolute atomic E-state index is 0.196. The number of rotatable bonds is 7. The molecule has 0 saturated heterocycles. The van der Waals surface area contributed by atoms with Gasteiger partial charge in [-0.3, -0.25) is 4.79 Å². The summed E-state index contributed by atoms with van der Waals surface area (Å²) in [6.07, 6.45) is 5.24. The molecule has 0 radical (unpaired) electrons. The summed E-state index contributed by atoms with van der Waals surface area (Å²) in [5, 5.41) is 3.54. The van der Waals surface area contributed by atoms with Crippen LogP contribution in [0.25, 0.3) is 11.3 Å². The third kappa shape index (κ3) is 4.69. The number of aryl methyl sites for hydroxylation is 1. The second kappa shape index (κ2) is 8.57. The molecule has 1 aromatic heterocycles. The highest BCUT2D eigenvalue weighted by atomic mass is 35.5. The van der Waals surface area contributed by atoms with E-state index in [-0.39, 0.29) is 18.3 Å². The maximum absolute atomic E-state index is 12.4. The number of halogens is 1. The molecule has 7 heteroatoms. The summed E-state index contributed by atoms with van der Waals surface area (Å²) in [5.41, 5.74) is -0.00663. The highest BCUT2D eigenvalue weighted by Gasteiger charge is 2.43. The van der Waals surface area contributed by atoms with Gasteiger partial charge in [-0.2, -0.15) is 0 Å². The minimum atomic E-state index is -0.877. The van der Waals surface area contributed by atoms with Crippen LogP contribution in [0.1, 0.15) is 44.9 Å². The van der Waals surface area contributed by atoms with Crippen molar-refractivity contribution < 1.29 is 18.7 Å². The Morgan fingerprint density at radius 2 is 1.96 bits per heavy atom. The van der Waals surface area contributed by atoms with E-state index in [2.05, 4.69) is 10.3 Å². The first-order chi connectivity index (χ1) is 13.0. The Kier molecular flexibility index (Phi) is 6.16. The summed E-state index contributed by atoms with van der Waals surface area (Å²) in [4.78, 5) is 28.9. The van der Waals surface area contributed by atoms with Crippen molar-refractivity contribution >= 4 is 23.5 Å². The van der Waals surface area contributed by atoms with E-state index >= 15 is 0 Å². The summed E-state index contributed by atoms with van der Waals surface area (Å²) >= 11 is 5.89. The number of aromatic nitrogens is 1. The van der Waals surface area contributed by atoms with Gasteiger partial charge in [0.25, 0.3) is 0 Å². The van der Waals surface area contributed by atoms with Gasteiger partial charge in [0, 0.05) is 23.4 Å². The number of hydrogen-bond acceptors (Lipinski definition) is 5. The molecule has 3 rings (SSSR count). The first-order valence-corrected chi connectivity index (χ1v) is 9.59. The molecule has 1 heterocycles. The zero-order valence-corrected chi connectivity index (χ0v) is 16.1. The number of ether oxygens (including phenoxy) is 1. The van der Waals surface area contributed by atoms with Gasteiger partial charge in [-0.25, -0.2) is 9.78 Å². The lowest BCUT2D eigenvalue weighted by Gasteiger charge is -2.27. The second-order valence-electron chi connectivity index (χ2n) is 6.68. The van der Waals surface area contributed by atoms with Crippen LogP contribution in [0.4, 0.5) is 0 Å². The summed E-state index contributed by atoms with van der Waals surface area (Å²) in [7, 11) is 0. The van der Waals surface area contributed by atoms with E-state index in [1.807, 2.05) is 12.1 Å². The van der Waals surface area contributed by atoms with Crippen LogP contribution in [0.2, 0.25) is 5.02 Å². The van der Waals surface area contributed by atoms with E-state index in [1.54, 1.807) is 25.3 Å². The summed E-state index contributed by atoms with van der Waals surface area (Å²) < 4.78 is 10.9. The Balaban J connectivity index is 1.57. The fourth-order valence-corrected chi connectivity index (χ4v) is 3.48. The van der Waals surface area contributed by atoms with E-state index < -0.39 is 5.54 Å². The molecule has 27 heavy (non-hydrogen) atoms. The maximum atomic E-state index is 12.4. The number of esters is 1. The number of nitrogens with zero attached hydrogens (tertiary/aromatic N) is 1. The van der Waals surface area contributed by atoms with E-state index in [9.17, 15) is 9.59 Å². The van der Waals surface area contributed by atoms with Crippen molar-refractivity contribution in [3.63, 3.8) is 0 Å². The van der Waals surface area contributed by atoms with Crippen molar-refractivity contribution in [3.8, 4) is 11.3 Å². The quantitative estimate of drug-likeness (QED) is 0.724. The number of hydrogen-bond donors (Lipinski definition) is 1. The van der Waals surface area contributed by atoms with Crippen molar-refractivity contribution in [1.29, 1.82) is 0 Å². The van der Waals surface area contributed by atoms with Crippen LogP contribution in [-0.2, 0) is 20.7 Å². The van der Waals surface area contributed by atoms with Crippen LogP contribution in [0.3, 0.4) is 0 Å². The van der Waals surface area contributed by atoms with E-state index in [1.165, 1.54) is 0 Å². The SMILES string of the molecule is CCOC(=O)C1(NC(=O)CCc2ncc(-c3ccc(Cl)cc3)o2)CCCC1. The van der Waals surface area contributed by atoms with Crippen molar-refractivity contribution in [2.24, 2.45) is 0 Å². The van der Waals surface area contributed by atoms with Gasteiger partial charge in [-0.05, 0) is 44.0 Å². The largest absolute Gasteiger partial charge is 0.464 e. The van der Waals surface area contributed by atoms with Crippen LogP contribution in [-0.4, -0.2) is 29.0 Å². The molecule has 1 fully saturated rings. The highest BCUT2D eigenvalue weighted by Crippen LogP contribution is 2.31. The molecular weight excluding hydrogens is 368 g/mol. The molecule has 0 bridgehead atoms. The first-order valence-electron chi connectivity index (χ1n) is 9.21. The minimum Gasteiger partial charge on any atom is -0.464 e. The summed E-state index contributed by atoms with van der Waals surface area (Å²) in [6, 6.07) is 7.26. The van der Waals surface area contributed by atoms with Gasteiger partial charge >= 0.3 is 5.97 Å². The lowest BCUT2D eigenvalue weighted by molar-refractivity contribution is -0.153. The molecule has 1 aliphatic carbocycles. The second-order valence-corrected chi connectivity index (χ2v) is 7.12. The van der Waals surface area contributed by atoms with Gasteiger partial charge in [-0.1, -0.05) is 24.4 Å². The van der Waals surface area contributed by atoms with Crippen molar-refractivity contribution in [3.05, 3.63) is 41.4 Å². The van der Waals surface area contributed by atoms with Crippen molar-refractivity contribution in [1.82, 2.24) is 10.3 Å². The Hall–Kier alpha value is -2.34. The molecule has 2 aromatic rings. The topological polar surface area (TPSA) is 81.4 Å². The van der Waals surface area contributed by atoms with Gasteiger partial charge in [0.2, 0.25) is 5.91 Å². The number of nitrogens with one attached hydrogen (secondary N) is 1. The zero-order valence-electron chi connectivity index (χ0n) is 15.3. The Morgan fingerprint density at radius 1 is 1.26 bits per heavy atom. The smallest absolute Gasteiger partial charge is 0.331 e. The summed E-state index contributed by atoms with van der Waals surface area (Å²) in [5.74, 6) is 0.570. The number of oxazole rings is 1. The average Bonchev–Trinajstić information content (AvgIpc) is 3.31. The molecule has 0 aliphatic heterocycles. The summed E-state index contributed by atoms with van der Waals surface area (Å²) in [6.45, 7) is 2.07. The third-order valence-corrected chi connectivity index (χ3v) is 5.00. The van der Waals surface area contributed by atoms with Crippen LogP contribution >= 0.6 is 11.6 Å². The molecule has 0 spiro atoms. The highest BCUT2D eigenvalue weighted by molar-refractivity contribution is 6.30. The number of carbonyl (C=O) groups is 2. The van der Waals surface area contributed by atoms with Crippen molar-refractivity contribution in [2.75, 3.05) is 6.61 Å². The molecule has 1 aromatic carbocycles. The standard InChI is InChI=1S/C20H23ClN2O4/c1-2-26-19(25)20(11-3-4-12-20)23-17(24)9-10-18-22-13-16(27-18)14-5-7-15(21)8-6-14/h5-8,13H,2-4,9-12H2,1H3,(H,23,24). The molecule has 1 amide bonds. The Morgan fingerprint density at radius 3 is 2.63 bits per heavy atom. The van der Waals surface area contributed by atoms with E-state index in [4.69, 9.17) is 20.8 Å². The first kappa shape index (κ1) is 19.4. The Labute approximate surface area is 163 Å². The molecule has 1 aliphatic rings. The number of amides is 1. The lowest BCUT2D eigenvalue weighted by Crippen LogP contribution is -2.53. The maximum Gasteiger partial charge on any atom is 0.331 e. The third-order valence-electron chi connectivity index (χ3n) is 4.75. The van der Waals surface area contributed by atoms with Gasteiger partial charge in [0.1, 0.15) is 5.54 Å². The average molecular weight is 391 g/mol. The fraction of sp³-hybridized carbons (Fsp3) is 0.450. The number of carbonyl (C=O) groups excluding carboxylic acids is 2. The molecule has 144 valence electrons. The van der Waals surface area contributed by atoms with Crippen molar-refractivity contribution in [2.45, 2.75) is 51.0 Å². The van der Waals surface area contributed by atoms with Crippen LogP contribution < -0.4 is 5.32 Å².